The lowest BCUT2D eigenvalue weighted by Crippen LogP contribution is -2.38. The minimum absolute atomic E-state index is 0.00171. The molecule has 2 aliphatic rings. The summed E-state index contributed by atoms with van der Waals surface area (Å²) in [7, 11) is 0. The van der Waals surface area contributed by atoms with Gasteiger partial charge >= 0.3 is 0 Å². The van der Waals surface area contributed by atoms with Crippen LogP contribution in [0.1, 0.15) is 60.3 Å². The molecule has 3 heterocycles. The van der Waals surface area contributed by atoms with Crippen molar-refractivity contribution in [3.05, 3.63) is 46.2 Å². The Hall–Kier alpha value is -2.54. The summed E-state index contributed by atoms with van der Waals surface area (Å²) in [5, 5.41) is 2.06. The predicted molar refractivity (Wildman–Crippen MR) is 121 cm³/mol. The van der Waals surface area contributed by atoms with Crippen molar-refractivity contribution >= 4 is 23.2 Å². The van der Waals surface area contributed by atoms with E-state index in [9.17, 15) is 9.59 Å². The Labute approximate surface area is 187 Å². The van der Waals surface area contributed by atoms with E-state index in [1.807, 2.05) is 22.8 Å². The highest BCUT2D eigenvalue weighted by atomic mass is 32.1. The number of nitrogens with zero attached hydrogens (tertiary/aromatic N) is 2. The molecule has 4 rings (SSSR count). The Kier molecular flexibility index (Phi) is 7.12. The van der Waals surface area contributed by atoms with Crippen LogP contribution < -0.4 is 9.47 Å². The van der Waals surface area contributed by atoms with Gasteiger partial charge in [-0.05, 0) is 68.7 Å². The molecule has 2 aromatic rings. The molecule has 31 heavy (non-hydrogen) atoms. The van der Waals surface area contributed by atoms with Crippen LogP contribution in [0.15, 0.2) is 35.7 Å². The Morgan fingerprint density at radius 2 is 1.87 bits per heavy atom. The highest BCUT2D eigenvalue weighted by Crippen LogP contribution is 2.36. The molecule has 1 aromatic carbocycles. The summed E-state index contributed by atoms with van der Waals surface area (Å²) >= 11 is 1.70. The number of ether oxygens (including phenoxy) is 2. The number of benzene rings is 1. The van der Waals surface area contributed by atoms with Crippen LogP contribution in [0.2, 0.25) is 0 Å². The van der Waals surface area contributed by atoms with Gasteiger partial charge in [-0.1, -0.05) is 6.07 Å². The summed E-state index contributed by atoms with van der Waals surface area (Å²) < 4.78 is 11.6. The fraction of sp³-hybridized carbons (Fsp3) is 0.500. The quantitative estimate of drug-likeness (QED) is 0.633. The molecule has 1 unspecified atom stereocenters. The van der Waals surface area contributed by atoms with Crippen LogP contribution in [0.25, 0.3) is 0 Å². The van der Waals surface area contributed by atoms with E-state index in [1.54, 1.807) is 29.5 Å². The van der Waals surface area contributed by atoms with Gasteiger partial charge in [0.2, 0.25) is 0 Å². The number of hydrogen-bond acceptors (Lipinski definition) is 5. The number of amides is 2. The van der Waals surface area contributed by atoms with Crippen LogP contribution in [0, 0.1) is 0 Å². The molecule has 0 N–H and O–H groups in total. The zero-order chi connectivity index (χ0) is 21.6. The zero-order valence-electron chi connectivity index (χ0n) is 18.0. The first-order valence-electron chi connectivity index (χ1n) is 11.2. The fourth-order valence-corrected chi connectivity index (χ4v) is 5.23. The second kappa shape index (κ2) is 10.2. The smallest absolute Gasteiger partial charge is 0.260 e. The number of carbonyl (C=O) groups excluding carboxylic acids is 2. The average Bonchev–Trinajstić information content (AvgIpc) is 3.50. The van der Waals surface area contributed by atoms with Crippen LogP contribution in [0.4, 0.5) is 0 Å². The minimum atomic E-state index is -0.0139. The number of hydrogen-bond donors (Lipinski definition) is 0. The van der Waals surface area contributed by atoms with E-state index in [0.29, 0.717) is 23.7 Å². The maximum atomic E-state index is 13.3. The SMILES string of the molecule is CCOc1cc(C(=O)N2CCCC2c2cccs2)ccc1OCC(=O)N1CCCCC1. The molecule has 0 radical (unpaired) electrons. The van der Waals surface area contributed by atoms with E-state index >= 15 is 0 Å². The van der Waals surface area contributed by atoms with Gasteiger partial charge in [0.15, 0.2) is 18.1 Å². The van der Waals surface area contributed by atoms with Crippen molar-refractivity contribution in [3.63, 3.8) is 0 Å². The lowest BCUT2D eigenvalue weighted by atomic mass is 10.1. The molecule has 2 amide bonds. The summed E-state index contributed by atoms with van der Waals surface area (Å²) in [6, 6.07) is 9.54. The predicted octanol–water partition coefficient (Wildman–Crippen LogP) is 4.52. The standard InChI is InChI=1S/C24H30N2O4S/c1-2-29-21-16-18(24(28)26-14-6-8-19(26)22-9-7-15-31-22)10-11-20(21)30-17-23(27)25-12-4-3-5-13-25/h7,9-11,15-16,19H,2-6,8,12-14,17H2,1H3. The lowest BCUT2D eigenvalue weighted by Gasteiger charge is -2.27. The van der Waals surface area contributed by atoms with E-state index in [4.69, 9.17) is 9.47 Å². The topological polar surface area (TPSA) is 59.1 Å². The van der Waals surface area contributed by atoms with Gasteiger partial charge in [0.25, 0.3) is 11.8 Å². The molecule has 6 nitrogen and oxygen atoms in total. The van der Waals surface area contributed by atoms with Crippen LogP contribution >= 0.6 is 11.3 Å². The van der Waals surface area contributed by atoms with Gasteiger partial charge in [-0.2, -0.15) is 0 Å². The van der Waals surface area contributed by atoms with E-state index < -0.39 is 0 Å². The van der Waals surface area contributed by atoms with Gasteiger partial charge in [0.1, 0.15) is 0 Å². The fourth-order valence-electron chi connectivity index (χ4n) is 4.36. The highest BCUT2D eigenvalue weighted by molar-refractivity contribution is 7.10. The third-order valence-electron chi connectivity index (χ3n) is 5.94. The molecule has 2 fully saturated rings. The lowest BCUT2D eigenvalue weighted by molar-refractivity contribution is -0.134. The molecule has 2 saturated heterocycles. The molecule has 166 valence electrons. The molecule has 0 bridgehead atoms. The van der Waals surface area contributed by atoms with E-state index in [1.165, 1.54) is 11.3 Å². The van der Waals surface area contributed by atoms with Crippen molar-refractivity contribution in [1.82, 2.24) is 9.80 Å². The highest BCUT2D eigenvalue weighted by Gasteiger charge is 2.31. The van der Waals surface area contributed by atoms with Crippen molar-refractivity contribution in [2.24, 2.45) is 0 Å². The molecule has 1 aromatic heterocycles. The van der Waals surface area contributed by atoms with Gasteiger partial charge in [-0.25, -0.2) is 0 Å². The second-order valence-electron chi connectivity index (χ2n) is 8.00. The van der Waals surface area contributed by atoms with Crippen LogP contribution in [0.5, 0.6) is 11.5 Å². The van der Waals surface area contributed by atoms with Gasteiger partial charge in [-0.15, -0.1) is 11.3 Å². The Balaban J connectivity index is 1.46. The average molecular weight is 443 g/mol. The maximum absolute atomic E-state index is 13.3. The van der Waals surface area contributed by atoms with Crippen molar-refractivity contribution in [2.45, 2.75) is 45.1 Å². The third kappa shape index (κ3) is 5.03. The van der Waals surface area contributed by atoms with Crippen molar-refractivity contribution in [2.75, 3.05) is 32.8 Å². The third-order valence-corrected chi connectivity index (χ3v) is 6.91. The van der Waals surface area contributed by atoms with Crippen LogP contribution in [-0.2, 0) is 4.79 Å². The maximum Gasteiger partial charge on any atom is 0.260 e. The molecule has 0 spiro atoms. The van der Waals surface area contributed by atoms with E-state index in [-0.39, 0.29) is 24.5 Å². The van der Waals surface area contributed by atoms with Gasteiger partial charge < -0.3 is 19.3 Å². The number of likely N-dealkylation sites (tertiary alicyclic amines) is 2. The summed E-state index contributed by atoms with van der Waals surface area (Å²) in [6.07, 6.45) is 5.28. The van der Waals surface area contributed by atoms with Crippen LogP contribution in [0.3, 0.4) is 0 Å². The van der Waals surface area contributed by atoms with Crippen molar-refractivity contribution in [3.8, 4) is 11.5 Å². The molecule has 0 saturated carbocycles. The first-order valence-corrected chi connectivity index (χ1v) is 12.1. The summed E-state index contributed by atoms with van der Waals surface area (Å²) in [5.74, 6) is 1.01. The molecule has 7 heteroatoms. The Morgan fingerprint density at radius 1 is 1.03 bits per heavy atom. The molecule has 1 atom stereocenters. The summed E-state index contributed by atoms with van der Waals surface area (Å²) in [4.78, 5) is 30.8. The first kappa shape index (κ1) is 21.7. The molecule has 0 aliphatic carbocycles. The largest absolute Gasteiger partial charge is 0.490 e. The normalized spacial score (nSPS) is 18.8. The second-order valence-corrected chi connectivity index (χ2v) is 8.98. The zero-order valence-corrected chi connectivity index (χ0v) is 18.9. The number of thiophene rings is 1. The van der Waals surface area contributed by atoms with Gasteiger partial charge in [0.05, 0.1) is 12.6 Å². The minimum Gasteiger partial charge on any atom is -0.490 e. The molecule has 2 aliphatic heterocycles. The Bertz CT molecular complexity index is 893. The van der Waals surface area contributed by atoms with E-state index in [2.05, 4.69) is 11.4 Å². The monoisotopic (exact) mass is 442 g/mol. The number of rotatable bonds is 7. The molecular formula is C24H30N2O4S. The van der Waals surface area contributed by atoms with Gasteiger partial charge in [0, 0.05) is 30.1 Å². The first-order chi connectivity index (χ1) is 15.2. The number of piperidine rings is 1. The summed E-state index contributed by atoms with van der Waals surface area (Å²) in [5.41, 5.74) is 0.585. The molecular weight excluding hydrogens is 412 g/mol. The van der Waals surface area contributed by atoms with Crippen molar-refractivity contribution in [1.29, 1.82) is 0 Å². The summed E-state index contributed by atoms with van der Waals surface area (Å²) in [6.45, 7) is 4.69. The van der Waals surface area contributed by atoms with Crippen LogP contribution in [-0.4, -0.2) is 54.5 Å². The van der Waals surface area contributed by atoms with Gasteiger partial charge in [-0.3, -0.25) is 9.59 Å². The number of carbonyl (C=O) groups is 2. The Morgan fingerprint density at radius 3 is 2.61 bits per heavy atom. The van der Waals surface area contributed by atoms with Crippen molar-refractivity contribution < 1.29 is 19.1 Å². The van der Waals surface area contributed by atoms with E-state index in [0.717, 1.165) is 45.3 Å².